The Kier molecular flexibility index (Phi) is 11.0. The van der Waals surface area contributed by atoms with Gasteiger partial charge >= 0.3 is 0 Å². The summed E-state index contributed by atoms with van der Waals surface area (Å²) in [7, 11) is 3.26. The van der Waals surface area contributed by atoms with Crippen molar-refractivity contribution in [3.05, 3.63) is 0 Å². The highest BCUT2D eigenvalue weighted by Gasteiger charge is 2.11. The van der Waals surface area contributed by atoms with E-state index in [1.165, 1.54) is 11.9 Å². The van der Waals surface area contributed by atoms with Gasteiger partial charge in [-0.3, -0.25) is 19.3 Å². The third-order valence-electron chi connectivity index (χ3n) is 1.78. The van der Waals surface area contributed by atoms with Crippen LogP contribution in [0.1, 0.15) is 33.6 Å². The molecule has 2 amide bonds. The van der Waals surface area contributed by atoms with E-state index in [2.05, 4.69) is 5.32 Å². The Bertz CT molecular complexity index is 223. The molecule has 5 heteroatoms. The number of carbonyl (C=O) groups is 3. The molecule has 1 N–H and O–H groups in total. The number of Topliss-reactive ketones (excluding diaryl/α,β-unsaturated/α-hetero) is 1. The second kappa shape index (κ2) is 10.3. The van der Waals surface area contributed by atoms with E-state index in [0.717, 1.165) is 0 Å². The fraction of sp³-hybridized carbons (Fsp3) is 0.727. The lowest BCUT2D eigenvalue weighted by molar-refractivity contribution is -0.142. The van der Waals surface area contributed by atoms with Crippen molar-refractivity contribution in [1.29, 1.82) is 0 Å². The molecule has 16 heavy (non-hydrogen) atoms. The van der Waals surface area contributed by atoms with E-state index in [-0.39, 0.29) is 17.6 Å². The maximum atomic E-state index is 10.8. The topological polar surface area (TPSA) is 66.5 Å². The molecule has 0 rings (SSSR count). The highest BCUT2D eigenvalue weighted by molar-refractivity contribution is 5.94. The molecule has 0 aromatic rings. The second-order valence-electron chi connectivity index (χ2n) is 3.29. The fourth-order valence-corrected chi connectivity index (χ4v) is 0.862. The summed E-state index contributed by atoms with van der Waals surface area (Å²) in [5.74, 6) is -0.0591. The van der Waals surface area contributed by atoms with E-state index >= 15 is 0 Å². The number of hydrogen-bond donors (Lipinski definition) is 1. The lowest BCUT2D eigenvalue weighted by Gasteiger charge is -2.12. The van der Waals surface area contributed by atoms with Gasteiger partial charge in [-0.15, -0.1) is 0 Å². The molecular weight excluding hydrogens is 208 g/mol. The van der Waals surface area contributed by atoms with Crippen molar-refractivity contribution in [1.82, 2.24) is 10.2 Å². The Morgan fingerprint density at radius 1 is 1.06 bits per heavy atom. The van der Waals surface area contributed by atoms with Crippen LogP contribution in [0.4, 0.5) is 0 Å². The van der Waals surface area contributed by atoms with Crippen molar-refractivity contribution in [3.63, 3.8) is 0 Å². The molecule has 0 aliphatic carbocycles. The van der Waals surface area contributed by atoms with Crippen LogP contribution in [0.25, 0.3) is 0 Å². The van der Waals surface area contributed by atoms with Gasteiger partial charge in [-0.1, -0.05) is 13.8 Å². The fourth-order valence-electron chi connectivity index (χ4n) is 0.862. The first kappa shape index (κ1) is 17.2. The molecule has 0 saturated heterocycles. The lowest BCUT2D eigenvalue weighted by Crippen LogP contribution is -2.31. The van der Waals surface area contributed by atoms with E-state index < -0.39 is 0 Å². The van der Waals surface area contributed by atoms with Crippen LogP contribution in [0.2, 0.25) is 0 Å². The number of ketones is 1. The SMILES string of the molecule is CCC(=O)N(C)C(=O)CC.CNCC(C)=O. The van der Waals surface area contributed by atoms with Crippen molar-refractivity contribution < 1.29 is 14.4 Å². The normalized spacial score (nSPS) is 8.81. The monoisotopic (exact) mass is 230 g/mol. The number of amides is 2. The zero-order valence-corrected chi connectivity index (χ0v) is 10.8. The number of hydrogen-bond acceptors (Lipinski definition) is 4. The Labute approximate surface area is 97.2 Å². The van der Waals surface area contributed by atoms with Gasteiger partial charge in [0.2, 0.25) is 11.8 Å². The van der Waals surface area contributed by atoms with Gasteiger partial charge in [-0.25, -0.2) is 0 Å². The van der Waals surface area contributed by atoms with E-state index in [9.17, 15) is 14.4 Å². The Morgan fingerprint density at radius 2 is 1.44 bits per heavy atom. The minimum Gasteiger partial charge on any atom is -0.313 e. The molecule has 0 saturated carbocycles. The van der Waals surface area contributed by atoms with Gasteiger partial charge in [0.15, 0.2) is 0 Å². The Hall–Kier alpha value is -1.23. The maximum absolute atomic E-state index is 10.8. The molecule has 0 aromatic carbocycles. The molecule has 5 nitrogen and oxygen atoms in total. The number of rotatable bonds is 4. The molecule has 0 aliphatic rings. The zero-order chi connectivity index (χ0) is 13.1. The van der Waals surface area contributed by atoms with Crippen LogP contribution in [-0.2, 0) is 14.4 Å². The van der Waals surface area contributed by atoms with E-state index in [0.29, 0.717) is 19.4 Å². The van der Waals surface area contributed by atoms with Gasteiger partial charge in [0.1, 0.15) is 5.78 Å². The second-order valence-corrected chi connectivity index (χ2v) is 3.29. The molecule has 0 atom stereocenters. The lowest BCUT2D eigenvalue weighted by atomic mass is 10.3. The molecule has 94 valence electrons. The van der Waals surface area contributed by atoms with Gasteiger partial charge in [-0.05, 0) is 14.0 Å². The number of carbonyl (C=O) groups excluding carboxylic acids is 3. The van der Waals surface area contributed by atoms with Crippen molar-refractivity contribution >= 4 is 17.6 Å². The average Bonchev–Trinajstić information content (AvgIpc) is 2.26. The summed E-state index contributed by atoms with van der Waals surface area (Å²) >= 11 is 0. The number of nitrogens with zero attached hydrogens (tertiary/aromatic N) is 1. The van der Waals surface area contributed by atoms with Crippen molar-refractivity contribution in [2.75, 3.05) is 20.6 Å². The number of nitrogens with one attached hydrogen (secondary N) is 1. The summed E-state index contributed by atoms with van der Waals surface area (Å²) in [5.41, 5.74) is 0. The summed E-state index contributed by atoms with van der Waals surface area (Å²) < 4.78 is 0. The predicted molar refractivity (Wildman–Crippen MR) is 63.0 cm³/mol. The minimum atomic E-state index is -0.119. The average molecular weight is 230 g/mol. The Balaban J connectivity index is 0. The van der Waals surface area contributed by atoms with Crippen LogP contribution in [0.15, 0.2) is 0 Å². The van der Waals surface area contributed by atoms with Gasteiger partial charge < -0.3 is 5.32 Å². The number of likely N-dealkylation sites (N-methyl/N-ethyl adjacent to an activating group) is 1. The maximum Gasteiger partial charge on any atom is 0.228 e. The van der Waals surface area contributed by atoms with Gasteiger partial charge in [0, 0.05) is 19.9 Å². The van der Waals surface area contributed by atoms with Gasteiger partial charge in [-0.2, -0.15) is 0 Å². The van der Waals surface area contributed by atoms with Crippen LogP contribution >= 0.6 is 0 Å². The minimum absolute atomic E-state index is 0.119. The van der Waals surface area contributed by atoms with Crippen LogP contribution in [0, 0.1) is 0 Å². The smallest absolute Gasteiger partial charge is 0.228 e. The van der Waals surface area contributed by atoms with Crippen LogP contribution in [0.3, 0.4) is 0 Å². The highest BCUT2D eigenvalue weighted by Crippen LogP contribution is 1.93. The molecule has 0 radical (unpaired) electrons. The van der Waals surface area contributed by atoms with Crippen molar-refractivity contribution in [2.24, 2.45) is 0 Å². The molecule has 0 bridgehead atoms. The molecular formula is C11H22N2O3. The summed E-state index contributed by atoms with van der Waals surface area (Å²) in [6, 6.07) is 0. The Morgan fingerprint density at radius 3 is 1.56 bits per heavy atom. The summed E-state index contributed by atoms with van der Waals surface area (Å²) in [4.78, 5) is 32.8. The molecule has 0 unspecified atom stereocenters. The third-order valence-corrected chi connectivity index (χ3v) is 1.78. The summed E-state index contributed by atoms with van der Waals surface area (Å²) in [5, 5.41) is 2.72. The first-order valence-electron chi connectivity index (χ1n) is 5.34. The first-order valence-corrected chi connectivity index (χ1v) is 5.34. The van der Waals surface area contributed by atoms with Gasteiger partial charge in [0.05, 0.1) is 6.54 Å². The van der Waals surface area contributed by atoms with Crippen LogP contribution in [0.5, 0.6) is 0 Å². The third kappa shape index (κ3) is 9.33. The molecule has 0 heterocycles. The largest absolute Gasteiger partial charge is 0.313 e. The molecule has 0 aliphatic heterocycles. The molecule has 0 spiro atoms. The quantitative estimate of drug-likeness (QED) is 0.767. The predicted octanol–water partition coefficient (Wildman–Crippen LogP) is 0.586. The standard InChI is InChI=1S/C7H13NO2.C4H9NO/c1-4-6(9)8(3)7(10)5-2;1-4(6)3-5-2/h4-5H2,1-3H3;5H,3H2,1-2H3. The summed E-state index contributed by atoms with van der Waals surface area (Å²) in [6.45, 7) is 5.51. The molecule has 0 fully saturated rings. The highest BCUT2D eigenvalue weighted by atomic mass is 16.2. The van der Waals surface area contributed by atoms with Gasteiger partial charge in [0.25, 0.3) is 0 Å². The first-order chi connectivity index (χ1) is 7.40. The van der Waals surface area contributed by atoms with Crippen molar-refractivity contribution in [3.8, 4) is 0 Å². The van der Waals surface area contributed by atoms with E-state index in [4.69, 9.17) is 0 Å². The van der Waals surface area contributed by atoms with E-state index in [1.807, 2.05) is 0 Å². The molecule has 0 aromatic heterocycles. The number of imide groups is 1. The summed E-state index contributed by atoms with van der Waals surface area (Å²) in [6.07, 6.45) is 0.782. The van der Waals surface area contributed by atoms with Crippen LogP contribution in [-0.4, -0.2) is 43.1 Å². The van der Waals surface area contributed by atoms with Crippen LogP contribution < -0.4 is 5.32 Å². The zero-order valence-electron chi connectivity index (χ0n) is 10.8. The van der Waals surface area contributed by atoms with E-state index in [1.54, 1.807) is 27.8 Å². The van der Waals surface area contributed by atoms with Crippen molar-refractivity contribution in [2.45, 2.75) is 33.6 Å².